The number of aryl methyl sites for hydroxylation is 1. The van der Waals surface area contributed by atoms with Crippen molar-refractivity contribution in [3.05, 3.63) is 53.7 Å². The molecule has 32 heavy (non-hydrogen) atoms. The number of amides is 2. The number of rotatable bonds is 7. The van der Waals surface area contributed by atoms with Gasteiger partial charge >= 0.3 is 0 Å². The highest BCUT2D eigenvalue weighted by Gasteiger charge is 2.33. The van der Waals surface area contributed by atoms with Gasteiger partial charge in [-0.05, 0) is 55.5 Å². The van der Waals surface area contributed by atoms with Crippen LogP contribution in [0.25, 0.3) is 0 Å². The van der Waals surface area contributed by atoms with E-state index in [1.165, 1.54) is 0 Å². The Morgan fingerprint density at radius 1 is 1.16 bits per heavy atom. The topological polar surface area (TPSA) is 72.0 Å². The number of carbonyl (C=O) groups excluding carboxylic acids is 2. The fourth-order valence-electron chi connectivity index (χ4n) is 4.50. The molecule has 1 aromatic heterocycles. The van der Waals surface area contributed by atoms with Crippen molar-refractivity contribution in [1.82, 2.24) is 14.8 Å². The fraction of sp³-hybridized carbons (Fsp3) is 0.480. The third-order valence-corrected chi connectivity index (χ3v) is 6.35. The van der Waals surface area contributed by atoms with E-state index in [1.807, 2.05) is 47.1 Å². The van der Waals surface area contributed by atoms with Crippen molar-refractivity contribution < 1.29 is 19.1 Å². The maximum absolute atomic E-state index is 12.8. The first-order valence-corrected chi connectivity index (χ1v) is 11.3. The largest absolute Gasteiger partial charge is 0.497 e. The number of benzene rings is 1. The summed E-state index contributed by atoms with van der Waals surface area (Å²) in [6.45, 7) is 5.44. The van der Waals surface area contributed by atoms with Crippen LogP contribution in [0.3, 0.4) is 0 Å². The molecule has 2 aromatic rings. The summed E-state index contributed by atoms with van der Waals surface area (Å²) in [4.78, 5) is 33.4. The predicted molar refractivity (Wildman–Crippen MR) is 121 cm³/mol. The Labute approximate surface area is 189 Å². The zero-order valence-corrected chi connectivity index (χ0v) is 18.8. The van der Waals surface area contributed by atoms with Gasteiger partial charge in [0.15, 0.2) is 0 Å². The molecule has 7 heteroatoms. The second kappa shape index (κ2) is 10.0. The van der Waals surface area contributed by atoms with Crippen LogP contribution in [0, 0.1) is 18.8 Å². The van der Waals surface area contributed by atoms with Gasteiger partial charge in [-0.2, -0.15) is 0 Å². The molecule has 2 amide bonds. The summed E-state index contributed by atoms with van der Waals surface area (Å²) < 4.78 is 11.0. The van der Waals surface area contributed by atoms with Crippen LogP contribution in [0.5, 0.6) is 11.6 Å². The minimum Gasteiger partial charge on any atom is -0.497 e. The molecule has 2 aliphatic rings. The van der Waals surface area contributed by atoms with E-state index in [0.717, 1.165) is 31.5 Å². The van der Waals surface area contributed by atoms with Crippen molar-refractivity contribution in [2.24, 2.45) is 11.8 Å². The van der Waals surface area contributed by atoms with Crippen LogP contribution in [0.1, 0.15) is 35.2 Å². The molecule has 7 nitrogen and oxygen atoms in total. The summed E-state index contributed by atoms with van der Waals surface area (Å²) in [5.74, 6) is 2.16. The Morgan fingerprint density at radius 3 is 2.72 bits per heavy atom. The number of hydrogen-bond donors (Lipinski definition) is 0. The van der Waals surface area contributed by atoms with Crippen LogP contribution in [0.4, 0.5) is 0 Å². The molecule has 4 rings (SSSR count). The van der Waals surface area contributed by atoms with Crippen LogP contribution >= 0.6 is 0 Å². The van der Waals surface area contributed by atoms with Crippen LogP contribution in [0.15, 0.2) is 42.6 Å². The predicted octanol–water partition coefficient (Wildman–Crippen LogP) is 3.18. The molecule has 0 bridgehead atoms. The molecule has 170 valence electrons. The highest BCUT2D eigenvalue weighted by Crippen LogP contribution is 2.25. The summed E-state index contributed by atoms with van der Waals surface area (Å²) in [6, 6.07) is 11.1. The van der Waals surface area contributed by atoms with Crippen molar-refractivity contribution in [1.29, 1.82) is 0 Å². The molecule has 0 N–H and O–H groups in total. The van der Waals surface area contributed by atoms with Gasteiger partial charge in [-0.15, -0.1) is 0 Å². The number of carbonyl (C=O) groups is 2. The molecule has 1 unspecified atom stereocenters. The lowest BCUT2D eigenvalue weighted by Crippen LogP contribution is -2.42. The summed E-state index contributed by atoms with van der Waals surface area (Å²) in [5, 5.41) is 0. The van der Waals surface area contributed by atoms with E-state index in [-0.39, 0.29) is 17.7 Å². The second-order valence-electron chi connectivity index (χ2n) is 8.82. The number of methoxy groups -OCH3 is 1. The number of piperidine rings is 1. The van der Waals surface area contributed by atoms with Crippen LogP contribution in [0.2, 0.25) is 0 Å². The maximum Gasteiger partial charge on any atom is 0.253 e. The molecular weight excluding hydrogens is 406 g/mol. The van der Waals surface area contributed by atoms with Crippen LogP contribution in [-0.2, 0) is 4.79 Å². The summed E-state index contributed by atoms with van der Waals surface area (Å²) in [6.07, 6.45) is 4.09. The van der Waals surface area contributed by atoms with E-state index in [1.54, 1.807) is 19.4 Å². The molecule has 0 radical (unpaired) electrons. The average molecular weight is 438 g/mol. The van der Waals surface area contributed by atoms with Gasteiger partial charge in [0.1, 0.15) is 5.75 Å². The zero-order valence-electron chi connectivity index (χ0n) is 18.8. The standard InChI is InChI=1S/C25H31N3O4/c1-18-6-9-26-23(12-18)32-17-20-13-24(29)28(16-20)15-19-7-10-27(11-8-19)25(30)21-4-3-5-22(14-21)31-2/h3-6,9,12,14,19-20H,7-8,10-11,13,15-17H2,1-2H3. The van der Waals surface area contributed by atoms with Gasteiger partial charge < -0.3 is 19.3 Å². The Balaban J connectivity index is 1.23. The lowest BCUT2D eigenvalue weighted by molar-refractivity contribution is -0.128. The number of pyridine rings is 1. The normalized spacial score (nSPS) is 19.3. The van der Waals surface area contributed by atoms with E-state index in [0.29, 0.717) is 49.2 Å². The third-order valence-electron chi connectivity index (χ3n) is 6.35. The van der Waals surface area contributed by atoms with Gasteiger partial charge in [-0.25, -0.2) is 4.98 Å². The van der Waals surface area contributed by atoms with Crippen LogP contribution < -0.4 is 9.47 Å². The molecular formula is C25H31N3O4. The first-order chi connectivity index (χ1) is 15.5. The van der Waals surface area contributed by atoms with E-state index >= 15 is 0 Å². The smallest absolute Gasteiger partial charge is 0.253 e. The van der Waals surface area contributed by atoms with Crippen molar-refractivity contribution in [3.8, 4) is 11.6 Å². The van der Waals surface area contributed by atoms with Gasteiger partial charge in [-0.3, -0.25) is 9.59 Å². The second-order valence-corrected chi connectivity index (χ2v) is 8.82. The van der Waals surface area contributed by atoms with Gasteiger partial charge in [0.2, 0.25) is 11.8 Å². The quantitative estimate of drug-likeness (QED) is 0.665. The highest BCUT2D eigenvalue weighted by atomic mass is 16.5. The Morgan fingerprint density at radius 2 is 1.97 bits per heavy atom. The minimum absolute atomic E-state index is 0.0431. The fourth-order valence-corrected chi connectivity index (χ4v) is 4.50. The molecule has 2 fully saturated rings. The molecule has 2 aliphatic heterocycles. The monoisotopic (exact) mass is 437 g/mol. The Hall–Kier alpha value is -3.09. The third kappa shape index (κ3) is 5.39. The van der Waals surface area contributed by atoms with Crippen molar-refractivity contribution in [2.45, 2.75) is 26.2 Å². The minimum atomic E-state index is 0.0431. The first-order valence-electron chi connectivity index (χ1n) is 11.3. The van der Waals surface area contributed by atoms with E-state index in [2.05, 4.69) is 4.98 Å². The molecule has 3 heterocycles. The van der Waals surface area contributed by atoms with Gasteiger partial charge in [0.05, 0.1) is 13.7 Å². The van der Waals surface area contributed by atoms with E-state index < -0.39 is 0 Å². The van der Waals surface area contributed by atoms with Crippen molar-refractivity contribution >= 4 is 11.8 Å². The molecule has 0 spiro atoms. The van der Waals surface area contributed by atoms with Gasteiger partial charge in [-0.1, -0.05) is 6.07 Å². The number of ether oxygens (including phenoxy) is 2. The van der Waals surface area contributed by atoms with Crippen molar-refractivity contribution in [2.75, 3.05) is 39.9 Å². The summed E-state index contributed by atoms with van der Waals surface area (Å²) in [5.41, 5.74) is 1.76. The highest BCUT2D eigenvalue weighted by molar-refractivity contribution is 5.94. The number of aromatic nitrogens is 1. The average Bonchev–Trinajstić information content (AvgIpc) is 3.17. The van der Waals surface area contributed by atoms with Gasteiger partial charge in [0, 0.05) is 56.3 Å². The van der Waals surface area contributed by atoms with E-state index in [4.69, 9.17) is 9.47 Å². The zero-order chi connectivity index (χ0) is 22.5. The molecule has 1 atom stereocenters. The lowest BCUT2D eigenvalue weighted by Gasteiger charge is -2.34. The molecule has 0 saturated carbocycles. The first kappa shape index (κ1) is 22.1. The molecule has 2 saturated heterocycles. The number of nitrogens with zero attached hydrogens (tertiary/aromatic N) is 3. The summed E-state index contributed by atoms with van der Waals surface area (Å²) >= 11 is 0. The molecule has 1 aromatic carbocycles. The maximum atomic E-state index is 12.8. The Kier molecular flexibility index (Phi) is 6.93. The summed E-state index contributed by atoms with van der Waals surface area (Å²) in [7, 11) is 1.60. The van der Waals surface area contributed by atoms with Crippen LogP contribution in [-0.4, -0.2) is 66.5 Å². The Bertz CT molecular complexity index is 956. The van der Waals surface area contributed by atoms with E-state index in [9.17, 15) is 9.59 Å². The molecule has 0 aliphatic carbocycles. The SMILES string of the molecule is COc1cccc(C(=O)N2CCC(CN3CC(COc4cc(C)ccn4)CC3=O)CC2)c1. The number of hydrogen-bond acceptors (Lipinski definition) is 5. The van der Waals surface area contributed by atoms with Gasteiger partial charge in [0.25, 0.3) is 5.91 Å². The van der Waals surface area contributed by atoms with Crippen molar-refractivity contribution in [3.63, 3.8) is 0 Å². The lowest BCUT2D eigenvalue weighted by atomic mass is 9.95. The number of likely N-dealkylation sites (tertiary alicyclic amines) is 2.